The number of hydrogen-bond donors (Lipinski definition) is 0. The fourth-order valence-electron chi connectivity index (χ4n) is 4.67. The van der Waals surface area contributed by atoms with Crippen molar-refractivity contribution in [2.75, 3.05) is 13.1 Å². The lowest BCUT2D eigenvalue weighted by atomic mass is 10.0. The van der Waals surface area contributed by atoms with Crippen molar-refractivity contribution in [1.82, 2.24) is 34.0 Å². The van der Waals surface area contributed by atoms with Crippen molar-refractivity contribution in [3.63, 3.8) is 0 Å². The van der Waals surface area contributed by atoms with Crippen molar-refractivity contribution in [3.8, 4) is 17.3 Å². The highest BCUT2D eigenvalue weighted by Crippen LogP contribution is 2.32. The first kappa shape index (κ1) is 26.9. The van der Waals surface area contributed by atoms with E-state index in [9.17, 15) is 9.18 Å². The second-order valence-corrected chi connectivity index (χ2v) is 11.0. The van der Waals surface area contributed by atoms with Gasteiger partial charge in [0.25, 0.3) is 0 Å². The minimum Gasteiger partial charge on any atom is -0.455 e. The monoisotopic (exact) mass is 555 g/mol. The summed E-state index contributed by atoms with van der Waals surface area (Å²) in [6.07, 6.45) is 5.19. The highest BCUT2D eigenvalue weighted by atomic mass is 35.5. The molecule has 206 valence electrons. The quantitative estimate of drug-likeness (QED) is 0.307. The predicted molar refractivity (Wildman–Crippen MR) is 143 cm³/mol. The summed E-state index contributed by atoms with van der Waals surface area (Å²) in [7, 11) is 0. The molecule has 0 aliphatic carbocycles. The van der Waals surface area contributed by atoms with Gasteiger partial charge in [0.2, 0.25) is 0 Å². The molecule has 5 heterocycles. The smallest absolute Gasteiger partial charge is 0.410 e. The summed E-state index contributed by atoms with van der Waals surface area (Å²) in [5.74, 6) is -0.422. The Kier molecular flexibility index (Phi) is 7.19. The Morgan fingerprint density at radius 2 is 1.90 bits per heavy atom. The Labute approximate surface area is 230 Å². The van der Waals surface area contributed by atoms with Gasteiger partial charge in [0, 0.05) is 30.4 Å². The number of imidazole rings is 1. The van der Waals surface area contributed by atoms with Crippen molar-refractivity contribution in [1.29, 1.82) is 0 Å². The molecular weight excluding hydrogens is 525 g/mol. The van der Waals surface area contributed by atoms with E-state index in [0.717, 1.165) is 30.3 Å². The van der Waals surface area contributed by atoms with Crippen LogP contribution in [0.15, 0.2) is 36.8 Å². The number of amides is 1. The first-order valence-electron chi connectivity index (χ1n) is 12.8. The molecule has 10 nitrogen and oxygen atoms in total. The van der Waals surface area contributed by atoms with Crippen LogP contribution in [-0.4, -0.2) is 58.8 Å². The Bertz CT molecular complexity index is 1490. The molecule has 39 heavy (non-hydrogen) atoms. The van der Waals surface area contributed by atoms with Crippen LogP contribution in [0.1, 0.15) is 64.1 Å². The molecule has 5 rings (SSSR count). The number of halogens is 2. The second-order valence-electron chi connectivity index (χ2n) is 10.6. The fraction of sp³-hybridized carbons (Fsp3) is 0.444. The van der Waals surface area contributed by atoms with E-state index in [4.69, 9.17) is 26.1 Å². The number of hydrogen-bond acceptors (Lipinski definition) is 7. The summed E-state index contributed by atoms with van der Waals surface area (Å²) in [4.78, 5) is 27.5. The van der Waals surface area contributed by atoms with Crippen LogP contribution in [0.25, 0.3) is 16.9 Å². The third kappa shape index (κ3) is 5.68. The fourth-order valence-corrected chi connectivity index (χ4v) is 4.88. The number of carbonyl (C=O) groups excluding carboxylic acids is 1. The molecule has 1 saturated heterocycles. The van der Waals surface area contributed by atoms with Crippen LogP contribution in [0.3, 0.4) is 0 Å². The number of ether oxygens (including phenoxy) is 2. The van der Waals surface area contributed by atoms with Crippen LogP contribution in [0.4, 0.5) is 9.18 Å². The summed E-state index contributed by atoms with van der Waals surface area (Å²) in [6.45, 7) is 10.6. The zero-order valence-corrected chi connectivity index (χ0v) is 23.3. The van der Waals surface area contributed by atoms with Gasteiger partial charge in [0.15, 0.2) is 0 Å². The van der Waals surface area contributed by atoms with Crippen LogP contribution < -0.4 is 4.74 Å². The van der Waals surface area contributed by atoms with Crippen LogP contribution in [0.5, 0.6) is 6.01 Å². The molecule has 1 aliphatic rings. The van der Waals surface area contributed by atoms with E-state index in [1.165, 1.54) is 12.3 Å². The Balaban J connectivity index is 1.38. The second kappa shape index (κ2) is 10.4. The van der Waals surface area contributed by atoms with E-state index in [1.54, 1.807) is 28.5 Å². The lowest BCUT2D eigenvalue weighted by Gasteiger charge is -2.33. The van der Waals surface area contributed by atoms with Crippen LogP contribution in [-0.2, 0) is 4.74 Å². The summed E-state index contributed by atoms with van der Waals surface area (Å²) < 4.78 is 28.6. The van der Waals surface area contributed by atoms with E-state index >= 15 is 0 Å². The summed E-state index contributed by atoms with van der Waals surface area (Å²) >= 11 is 6.39. The van der Waals surface area contributed by atoms with Crippen molar-refractivity contribution in [2.45, 2.75) is 65.2 Å². The minimum atomic E-state index is -0.523. The largest absolute Gasteiger partial charge is 0.455 e. The molecule has 4 aromatic heterocycles. The number of pyridine rings is 1. The maximum atomic E-state index is 13.3. The molecule has 0 unspecified atom stereocenters. The van der Waals surface area contributed by atoms with E-state index < -0.39 is 17.5 Å². The van der Waals surface area contributed by atoms with Crippen LogP contribution >= 0.6 is 11.6 Å². The van der Waals surface area contributed by atoms with Crippen molar-refractivity contribution < 1.29 is 18.7 Å². The van der Waals surface area contributed by atoms with E-state index in [2.05, 4.69) is 15.1 Å². The first-order chi connectivity index (χ1) is 18.5. The average Bonchev–Trinajstić information content (AvgIpc) is 3.46. The zero-order chi connectivity index (χ0) is 27.9. The molecule has 0 saturated carbocycles. The first-order valence-corrected chi connectivity index (χ1v) is 13.2. The molecule has 12 heteroatoms. The number of rotatable bonds is 5. The molecule has 0 bridgehead atoms. The molecule has 0 aromatic carbocycles. The van der Waals surface area contributed by atoms with Gasteiger partial charge in [-0.3, -0.25) is 9.67 Å². The highest BCUT2D eigenvalue weighted by Gasteiger charge is 2.29. The lowest BCUT2D eigenvalue weighted by molar-refractivity contribution is 0.0184. The maximum absolute atomic E-state index is 13.3. The maximum Gasteiger partial charge on any atom is 0.410 e. The van der Waals surface area contributed by atoms with Gasteiger partial charge in [-0.1, -0.05) is 11.6 Å². The number of fused-ring (bicyclic) bond motifs is 1. The molecule has 1 fully saturated rings. The average molecular weight is 556 g/mol. The van der Waals surface area contributed by atoms with Crippen molar-refractivity contribution in [2.24, 2.45) is 0 Å². The zero-order valence-electron chi connectivity index (χ0n) is 22.6. The molecule has 4 aromatic rings. The van der Waals surface area contributed by atoms with Gasteiger partial charge >= 0.3 is 12.1 Å². The van der Waals surface area contributed by atoms with Gasteiger partial charge in [0.05, 0.1) is 36.0 Å². The highest BCUT2D eigenvalue weighted by molar-refractivity contribution is 6.29. The van der Waals surface area contributed by atoms with Gasteiger partial charge in [-0.05, 0) is 59.6 Å². The lowest BCUT2D eigenvalue weighted by Crippen LogP contribution is -2.42. The van der Waals surface area contributed by atoms with Gasteiger partial charge in [0.1, 0.15) is 28.3 Å². The van der Waals surface area contributed by atoms with Gasteiger partial charge < -0.3 is 14.4 Å². The van der Waals surface area contributed by atoms with Crippen LogP contribution in [0, 0.1) is 12.7 Å². The minimum absolute atomic E-state index is 0.141. The van der Waals surface area contributed by atoms with E-state index in [1.807, 2.05) is 38.4 Å². The number of likely N-dealkylation sites (tertiary alicyclic amines) is 1. The Hall–Kier alpha value is -3.73. The number of piperidine rings is 1. The van der Waals surface area contributed by atoms with Crippen molar-refractivity contribution >= 4 is 23.3 Å². The normalized spacial score (nSPS) is 15.5. The number of carbonyl (C=O) groups is 1. The predicted octanol–water partition coefficient (Wildman–Crippen LogP) is 5.80. The van der Waals surface area contributed by atoms with E-state index in [0.29, 0.717) is 35.3 Å². The molecule has 0 N–H and O–H groups in total. The topological polar surface area (TPSA) is 99.7 Å². The van der Waals surface area contributed by atoms with Gasteiger partial charge in [-0.25, -0.2) is 18.6 Å². The third-order valence-corrected chi connectivity index (χ3v) is 6.92. The standard InChI is InChI=1S/C27H31ClFN7O3/c1-16-20(14-32-36(16)19-8-10-34(11-9-19)26(37)39-27(3,4)5)22-12-24-31-15-23(28)35(24)25(33-22)38-17(2)21-7-6-18(29)13-30-21/h6-7,12-15,17,19H,8-11H2,1-5H3/t17-/m1/s1. The molecule has 0 radical (unpaired) electrons. The molecule has 1 atom stereocenters. The van der Waals surface area contributed by atoms with E-state index in [-0.39, 0.29) is 18.1 Å². The SMILES string of the molecule is Cc1c(-c2cc3ncc(Cl)n3c(O[C@H](C)c3ccc(F)cn3)n2)cnn1C1CCN(C(=O)OC(C)(C)C)CC1. The Morgan fingerprint density at radius 1 is 1.15 bits per heavy atom. The Morgan fingerprint density at radius 3 is 2.56 bits per heavy atom. The van der Waals surface area contributed by atoms with Crippen LogP contribution in [0.2, 0.25) is 5.15 Å². The molecule has 1 aliphatic heterocycles. The summed E-state index contributed by atoms with van der Waals surface area (Å²) in [6, 6.07) is 5.11. The van der Waals surface area contributed by atoms with Gasteiger partial charge in [-0.15, -0.1) is 0 Å². The van der Waals surface area contributed by atoms with Gasteiger partial charge in [-0.2, -0.15) is 10.1 Å². The summed E-state index contributed by atoms with van der Waals surface area (Å²) in [5.41, 5.74) is 3.01. The molecule has 1 amide bonds. The van der Waals surface area contributed by atoms with Crippen molar-refractivity contribution in [3.05, 3.63) is 59.1 Å². The number of aromatic nitrogens is 6. The summed E-state index contributed by atoms with van der Waals surface area (Å²) in [5, 5.41) is 5.03. The number of nitrogens with zero attached hydrogens (tertiary/aromatic N) is 7. The molecule has 0 spiro atoms. The molecular formula is C27H31ClFN7O3. The third-order valence-electron chi connectivity index (χ3n) is 6.65.